The molecule has 2 unspecified atom stereocenters. The van der Waals surface area contributed by atoms with Gasteiger partial charge in [-0.25, -0.2) is 5.01 Å². The minimum Gasteiger partial charge on any atom is -0.379 e. The molecule has 3 aliphatic rings. The largest absolute Gasteiger partial charge is 0.379 e. The second kappa shape index (κ2) is 8.34. The summed E-state index contributed by atoms with van der Waals surface area (Å²) in [4.78, 5) is 23.9. The van der Waals surface area contributed by atoms with Gasteiger partial charge in [-0.05, 0) is 36.1 Å². The maximum absolute atomic E-state index is 11.3. The van der Waals surface area contributed by atoms with Crippen molar-refractivity contribution >= 4 is 23.1 Å². The zero-order valence-electron chi connectivity index (χ0n) is 17.7. The SMILES string of the molecule is O=[N+]([O-])c1ccc(N2N=NC3CC/C(=C\c4cccc([N+](=O)[O-])c4)C32N2CCOCC2)cc1. The van der Waals surface area contributed by atoms with E-state index >= 15 is 0 Å². The molecule has 1 aliphatic carbocycles. The molecule has 1 saturated carbocycles. The molecule has 1 saturated heterocycles. The van der Waals surface area contributed by atoms with E-state index in [4.69, 9.17) is 4.74 Å². The van der Waals surface area contributed by atoms with Crippen molar-refractivity contribution in [2.45, 2.75) is 24.5 Å². The number of anilines is 1. The lowest BCUT2D eigenvalue weighted by Crippen LogP contribution is -2.64. The summed E-state index contributed by atoms with van der Waals surface area (Å²) >= 11 is 0. The average molecular weight is 450 g/mol. The van der Waals surface area contributed by atoms with Crippen molar-refractivity contribution in [1.29, 1.82) is 0 Å². The minimum absolute atomic E-state index is 0.00522. The van der Waals surface area contributed by atoms with Crippen LogP contribution >= 0.6 is 0 Å². The Morgan fingerprint density at radius 2 is 1.76 bits per heavy atom. The molecule has 5 rings (SSSR count). The summed E-state index contributed by atoms with van der Waals surface area (Å²) in [7, 11) is 0. The van der Waals surface area contributed by atoms with E-state index in [1.54, 1.807) is 24.3 Å². The van der Waals surface area contributed by atoms with E-state index in [1.807, 2.05) is 17.2 Å². The first-order valence-electron chi connectivity index (χ1n) is 10.7. The number of morpholine rings is 1. The molecule has 2 aromatic carbocycles. The molecule has 0 aromatic heterocycles. The van der Waals surface area contributed by atoms with Crippen LogP contribution in [0.15, 0.2) is 64.4 Å². The predicted molar refractivity (Wildman–Crippen MR) is 120 cm³/mol. The third kappa shape index (κ3) is 3.55. The predicted octanol–water partition coefficient (Wildman–Crippen LogP) is 3.96. The van der Waals surface area contributed by atoms with Crippen LogP contribution in [0.25, 0.3) is 6.08 Å². The van der Waals surface area contributed by atoms with Gasteiger partial charge in [-0.2, -0.15) is 5.11 Å². The number of hydrogen-bond donors (Lipinski definition) is 0. The standard InChI is InChI=1S/C22H22N6O5/c29-27(30)19-7-5-18(6-8-19)26-22(25-10-12-33-13-11-25)17(4-9-21(22)23-24-26)14-16-2-1-3-20(15-16)28(31)32/h1-3,5-8,14-15,21H,4,9-13H2/b17-14+. The molecule has 2 fully saturated rings. The van der Waals surface area contributed by atoms with Gasteiger partial charge in [0.1, 0.15) is 6.04 Å². The Kier molecular flexibility index (Phi) is 5.35. The Bertz CT molecular complexity index is 1140. The van der Waals surface area contributed by atoms with E-state index in [0.29, 0.717) is 32.0 Å². The van der Waals surface area contributed by atoms with Crippen molar-refractivity contribution < 1.29 is 14.6 Å². The highest BCUT2D eigenvalue weighted by Gasteiger charge is 2.59. The highest BCUT2D eigenvalue weighted by Crippen LogP contribution is 2.51. The monoisotopic (exact) mass is 450 g/mol. The molecule has 11 heteroatoms. The van der Waals surface area contributed by atoms with E-state index < -0.39 is 15.5 Å². The van der Waals surface area contributed by atoms with Gasteiger partial charge in [0.05, 0.1) is 28.7 Å². The fourth-order valence-electron chi connectivity index (χ4n) is 5.01. The van der Waals surface area contributed by atoms with E-state index in [-0.39, 0.29) is 17.4 Å². The highest BCUT2D eigenvalue weighted by atomic mass is 16.6. The number of rotatable bonds is 5. The molecule has 2 atom stereocenters. The number of nitro benzene ring substituents is 2. The first-order valence-corrected chi connectivity index (χ1v) is 10.7. The van der Waals surface area contributed by atoms with Crippen molar-refractivity contribution in [3.05, 3.63) is 79.9 Å². The smallest absolute Gasteiger partial charge is 0.270 e. The van der Waals surface area contributed by atoms with Gasteiger partial charge in [0.15, 0.2) is 5.66 Å². The number of ether oxygens (including phenoxy) is 1. The van der Waals surface area contributed by atoms with Crippen molar-refractivity contribution in [2.75, 3.05) is 31.3 Å². The van der Waals surface area contributed by atoms with Crippen LogP contribution in [-0.4, -0.2) is 52.8 Å². The molecule has 2 aliphatic heterocycles. The van der Waals surface area contributed by atoms with Crippen molar-refractivity contribution in [2.24, 2.45) is 10.3 Å². The van der Waals surface area contributed by atoms with E-state index in [9.17, 15) is 20.2 Å². The Morgan fingerprint density at radius 3 is 2.45 bits per heavy atom. The summed E-state index contributed by atoms with van der Waals surface area (Å²) < 4.78 is 5.59. The second-order valence-electron chi connectivity index (χ2n) is 8.19. The topological polar surface area (TPSA) is 127 Å². The molecule has 33 heavy (non-hydrogen) atoms. The first-order chi connectivity index (χ1) is 16.0. The number of non-ortho nitro benzene ring substituents is 2. The van der Waals surface area contributed by atoms with E-state index in [2.05, 4.69) is 15.2 Å². The van der Waals surface area contributed by atoms with Crippen LogP contribution in [-0.2, 0) is 4.74 Å². The molecule has 0 bridgehead atoms. The average Bonchev–Trinajstić information content (AvgIpc) is 3.38. The van der Waals surface area contributed by atoms with Crippen LogP contribution < -0.4 is 5.01 Å². The van der Waals surface area contributed by atoms with E-state index in [0.717, 1.165) is 24.0 Å². The molecule has 2 aromatic rings. The Hall–Kier alpha value is -3.70. The zero-order chi connectivity index (χ0) is 23.0. The zero-order valence-corrected chi connectivity index (χ0v) is 17.7. The van der Waals surface area contributed by atoms with Gasteiger partial charge < -0.3 is 4.74 Å². The number of nitro groups is 2. The molecular formula is C22H22N6O5. The maximum atomic E-state index is 11.3. The molecule has 0 N–H and O–H groups in total. The summed E-state index contributed by atoms with van der Waals surface area (Å²) in [5.74, 6) is 0. The second-order valence-corrected chi connectivity index (χ2v) is 8.19. The molecule has 11 nitrogen and oxygen atoms in total. The van der Waals surface area contributed by atoms with Crippen molar-refractivity contribution in [3.63, 3.8) is 0 Å². The van der Waals surface area contributed by atoms with Crippen LogP contribution in [0.2, 0.25) is 0 Å². The first kappa shape index (κ1) is 21.2. The summed E-state index contributed by atoms with van der Waals surface area (Å²) in [5.41, 5.74) is 1.84. The lowest BCUT2D eigenvalue weighted by Gasteiger charge is -2.47. The minimum atomic E-state index is -0.690. The van der Waals surface area contributed by atoms with Gasteiger partial charge in [-0.15, -0.1) is 0 Å². The molecule has 0 spiro atoms. The Balaban J connectivity index is 1.61. The van der Waals surface area contributed by atoms with E-state index in [1.165, 1.54) is 18.2 Å². The van der Waals surface area contributed by atoms with Crippen LogP contribution in [0.4, 0.5) is 17.1 Å². The fraction of sp³-hybridized carbons (Fsp3) is 0.364. The van der Waals surface area contributed by atoms with Gasteiger partial charge in [-0.1, -0.05) is 23.4 Å². The van der Waals surface area contributed by atoms with Gasteiger partial charge in [0, 0.05) is 37.4 Å². The summed E-state index contributed by atoms with van der Waals surface area (Å²) in [6.45, 7) is 2.51. The molecule has 170 valence electrons. The third-order valence-corrected chi connectivity index (χ3v) is 6.45. The third-order valence-electron chi connectivity index (χ3n) is 6.45. The Labute approximate surface area is 189 Å². The summed E-state index contributed by atoms with van der Waals surface area (Å²) in [5, 5.41) is 33.3. The lowest BCUT2D eigenvalue weighted by molar-refractivity contribution is -0.385. The molecular weight excluding hydrogens is 428 g/mol. The van der Waals surface area contributed by atoms with Crippen molar-refractivity contribution in [3.8, 4) is 0 Å². The van der Waals surface area contributed by atoms with Gasteiger partial charge in [0.25, 0.3) is 11.4 Å². The van der Waals surface area contributed by atoms with Crippen molar-refractivity contribution in [1.82, 2.24) is 4.90 Å². The number of fused-ring (bicyclic) bond motifs is 1. The summed E-state index contributed by atoms with van der Waals surface area (Å²) in [6.07, 6.45) is 3.54. The number of benzene rings is 2. The Morgan fingerprint density at radius 1 is 1.03 bits per heavy atom. The van der Waals surface area contributed by atoms with Crippen LogP contribution in [0.3, 0.4) is 0 Å². The number of nitrogens with zero attached hydrogens (tertiary/aromatic N) is 6. The number of hydrogen-bond acceptors (Lipinski definition) is 9. The molecule has 0 amide bonds. The summed E-state index contributed by atoms with van der Waals surface area (Å²) in [6, 6.07) is 12.7. The molecule has 0 radical (unpaired) electrons. The highest BCUT2D eigenvalue weighted by molar-refractivity contribution is 5.65. The van der Waals surface area contributed by atoms with Crippen LogP contribution in [0, 0.1) is 20.2 Å². The fourth-order valence-corrected chi connectivity index (χ4v) is 5.01. The lowest BCUT2D eigenvalue weighted by atomic mass is 9.93. The maximum Gasteiger partial charge on any atom is 0.270 e. The van der Waals surface area contributed by atoms with Gasteiger partial charge in [-0.3, -0.25) is 25.1 Å². The quantitative estimate of drug-likeness (QED) is 0.498. The van der Waals surface area contributed by atoms with Gasteiger partial charge >= 0.3 is 0 Å². The molecule has 2 heterocycles. The van der Waals surface area contributed by atoms with Gasteiger partial charge in [0.2, 0.25) is 0 Å². The normalized spacial score (nSPS) is 26.0. The van der Waals surface area contributed by atoms with Crippen LogP contribution in [0.1, 0.15) is 18.4 Å². The van der Waals surface area contributed by atoms with Crippen LogP contribution in [0.5, 0.6) is 0 Å².